The normalized spacial score (nSPS) is 12.5. The van der Waals surface area contributed by atoms with Gasteiger partial charge in [0.2, 0.25) is 11.8 Å². The highest BCUT2D eigenvalue weighted by Crippen LogP contribution is 2.20. The van der Waals surface area contributed by atoms with Gasteiger partial charge in [-0.15, -0.1) is 11.8 Å². The maximum atomic E-state index is 13.6. The largest absolute Gasteiger partial charge is 0.496 e. The summed E-state index contributed by atoms with van der Waals surface area (Å²) in [7, 11) is 1.40. The zero-order valence-electron chi connectivity index (χ0n) is 20.5. The van der Waals surface area contributed by atoms with Crippen LogP contribution in [-0.2, 0) is 31.4 Å². The number of methoxy groups -OCH3 is 1. The number of carbonyl (C=O) groups excluding carboxylic acids is 3. The molecule has 0 fully saturated rings. The van der Waals surface area contributed by atoms with Gasteiger partial charge in [0.25, 0.3) is 0 Å². The third-order valence-electron chi connectivity index (χ3n) is 5.30. The number of rotatable bonds is 14. The van der Waals surface area contributed by atoms with Crippen LogP contribution in [0.25, 0.3) is 0 Å². The molecule has 2 aromatic rings. The molecular weight excluding hydrogens is 487 g/mol. The Kier molecular flexibility index (Phi) is 11.4. The topological polar surface area (TPSA) is 122 Å². The average molecular weight is 519 g/mol. The standard InChI is InChI=1S/C26H31FN2O6S/c1-16(2)25(29-23(31)12-18-11-19(27)9-10-22(18)35-3)26(34)28-20(13-24(32)33)21(30)15-36-14-17-7-5-4-6-8-17/h4-11,16,20,25H,12-15H2,1-3H3,(H,28,34)(H,29,31)(H,32,33)/t20?,25-/m0/s1. The van der Waals surface area contributed by atoms with Crippen molar-refractivity contribution in [3.63, 3.8) is 0 Å². The molecule has 0 spiro atoms. The summed E-state index contributed by atoms with van der Waals surface area (Å²) in [5.41, 5.74) is 1.33. The van der Waals surface area contributed by atoms with Gasteiger partial charge in [-0.25, -0.2) is 4.39 Å². The number of carboxylic acids is 1. The molecular formula is C26H31FN2O6S. The van der Waals surface area contributed by atoms with Gasteiger partial charge in [0.1, 0.15) is 17.6 Å². The molecule has 3 N–H and O–H groups in total. The van der Waals surface area contributed by atoms with Crippen LogP contribution in [0.15, 0.2) is 48.5 Å². The van der Waals surface area contributed by atoms with Crippen molar-refractivity contribution in [1.82, 2.24) is 10.6 Å². The average Bonchev–Trinajstić information content (AvgIpc) is 2.82. The van der Waals surface area contributed by atoms with E-state index < -0.39 is 47.9 Å². The Morgan fingerprint density at radius 3 is 2.36 bits per heavy atom. The Balaban J connectivity index is 2.03. The molecule has 0 saturated heterocycles. The second-order valence-electron chi connectivity index (χ2n) is 8.53. The van der Waals surface area contributed by atoms with Crippen LogP contribution in [-0.4, -0.2) is 53.6 Å². The van der Waals surface area contributed by atoms with E-state index in [4.69, 9.17) is 4.74 Å². The summed E-state index contributed by atoms with van der Waals surface area (Å²) in [5.74, 6) is -2.86. The fourth-order valence-electron chi connectivity index (χ4n) is 3.44. The molecule has 2 atom stereocenters. The number of carboxylic acid groups (broad SMARTS) is 1. The van der Waals surface area contributed by atoms with Gasteiger partial charge in [0.05, 0.1) is 31.7 Å². The lowest BCUT2D eigenvalue weighted by Crippen LogP contribution is -2.54. The number of hydrogen-bond donors (Lipinski definition) is 3. The highest BCUT2D eigenvalue weighted by atomic mass is 32.2. The van der Waals surface area contributed by atoms with Crippen LogP contribution < -0.4 is 15.4 Å². The number of ketones is 1. The van der Waals surface area contributed by atoms with E-state index >= 15 is 0 Å². The molecule has 2 aromatic carbocycles. The lowest BCUT2D eigenvalue weighted by Gasteiger charge is -2.24. The molecule has 0 heterocycles. The summed E-state index contributed by atoms with van der Waals surface area (Å²) >= 11 is 1.32. The molecule has 0 aliphatic carbocycles. The number of amides is 2. The first-order valence-corrected chi connectivity index (χ1v) is 12.5. The van der Waals surface area contributed by atoms with E-state index in [0.29, 0.717) is 17.1 Å². The molecule has 2 rings (SSSR count). The zero-order chi connectivity index (χ0) is 26.7. The van der Waals surface area contributed by atoms with Gasteiger partial charge in [-0.1, -0.05) is 44.2 Å². The highest BCUT2D eigenvalue weighted by molar-refractivity contribution is 7.99. The van der Waals surface area contributed by atoms with Gasteiger partial charge in [-0.3, -0.25) is 19.2 Å². The molecule has 0 aliphatic rings. The fourth-order valence-corrected chi connectivity index (χ4v) is 4.38. The van der Waals surface area contributed by atoms with Crippen LogP contribution in [0.3, 0.4) is 0 Å². The van der Waals surface area contributed by atoms with Crippen LogP contribution in [0.4, 0.5) is 4.39 Å². The summed E-state index contributed by atoms with van der Waals surface area (Å²) in [6, 6.07) is 11.0. The van der Waals surface area contributed by atoms with Crippen molar-refractivity contribution < 1.29 is 33.4 Å². The predicted molar refractivity (Wildman–Crippen MR) is 135 cm³/mol. The van der Waals surface area contributed by atoms with Gasteiger partial charge in [-0.05, 0) is 29.7 Å². The maximum Gasteiger partial charge on any atom is 0.305 e. The molecule has 0 bridgehead atoms. The summed E-state index contributed by atoms with van der Waals surface area (Å²) in [4.78, 5) is 49.7. The van der Waals surface area contributed by atoms with Crippen LogP contribution >= 0.6 is 11.8 Å². The molecule has 0 aromatic heterocycles. The minimum Gasteiger partial charge on any atom is -0.496 e. The highest BCUT2D eigenvalue weighted by Gasteiger charge is 2.30. The molecule has 1 unspecified atom stereocenters. The second kappa shape index (κ2) is 14.2. The first-order chi connectivity index (χ1) is 17.1. The first kappa shape index (κ1) is 28.8. The SMILES string of the molecule is COc1ccc(F)cc1CC(=O)N[C@H](C(=O)NC(CC(=O)O)C(=O)CSCc1ccccc1)C(C)C. The summed E-state index contributed by atoms with van der Waals surface area (Å²) in [5, 5.41) is 14.4. The summed E-state index contributed by atoms with van der Waals surface area (Å²) in [6.07, 6.45) is -0.805. The smallest absolute Gasteiger partial charge is 0.305 e. The summed E-state index contributed by atoms with van der Waals surface area (Å²) < 4.78 is 18.8. The van der Waals surface area contributed by atoms with E-state index in [1.165, 1.54) is 37.1 Å². The number of thioether (sulfide) groups is 1. The number of aliphatic carboxylic acids is 1. The van der Waals surface area contributed by atoms with Crippen molar-refractivity contribution in [2.24, 2.45) is 5.92 Å². The van der Waals surface area contributed by atoms with Crippen molar-refractivity contribution in [2.45, 2.75) is 44.5 Å². The Hall–Kier alpha value is -3.40. The van der Waals surface area contributed by atoms with Crippen molar-refractivity contribution in [1.29, 1.82) is 0 Å². The Morgan fingerprint density at radius 1 is 1.06 bits per heavy atom. The third kappa shape index (κ3) is 9.33. The molecule has 0 saturated carbocycles. The van der Waals surface area contributed by atoms with Crippen LogP contribution in [0.5, 0.6) is 5.75 Å². The molecule has 194 valence electrons. The van der Waals surface area contributed by atoms with Gasteiger partial charge < -0.3 is 20.5 Å². The molecule has 10 heteroatoms. The molecule has 8 nitrogen and oxygen atoms in total. The number of hydrogen-bond acceptors (Lipinski definition) is 6. The van der Waals surface area contributed by atoms with Gasteiger partial charge in [-0.2, -0.15) is 0 Å². The Bertz CT molecular complexity index is 1060. The molecule has 36 heavy (non-hydrogen) atoms. The third-order valence-corrected chi connectivity index (χ3v) is 6.32. The number of carbonyl (C=O) groups is 4. The minimum absolute atomic E-state index is 0.0190. The van der Waals surface area contributed by atoms with Crippen LogP contribution in [0.2, 0.25) is 0 Å². The van der Waals surface area contributed by atoms with Gasteiger partial charge in [0, 0.05) is 11.3 Å². The van der Waals surface area contributed by atoms with E-state index in [1.54, 1.807) is 13.8 Å². The first-order valence-electron chi connectivity index (χ1n) is 11.4. The fraction of sp³-hybridized carbons (Fsp3) is 0.385. The van der Waals surface area contributed by atoms with Crippen LogP contribution in [0.1, 0.15) is 31.4 Å². The molecule has 0 aliphatic heterocycles. The van der Waals surface area contributed by atoms with E-state index in [9.17, 15) is 28.7 Å². The van der Waals surface area contributed by atoms with Crippen molar-refractivity contribution in [2.75, 3.05) is 12.9 Å². The van der Waals surface area contributed by atoms with Gasteiger partial charge >= 0.3 is 5.97 Å². The summed E-state index contributed by atoms with van der Waals surface area (Å²) in [6.45, 7) is 3.41. The molecule has 2 amide bonds. The zero-order valence-corrected chi connectivity index (χ0v) is 21.3. The minimum atomic E-state index is -1.24. The lowest BCUT2D eigenvalue weighted by molar-refractivity contribution is -0.140. The number of benzene rings is 2. The monoisotopic (exact) mass is 518 g/mol. The predicted octanol–water partition coefficient (Wildman–Crippen LogP) is 2.98. The quantitative estimate of drug-likeness (QED) is 0.352. The lowest BCUT2D eigenvalue weighted by atomic mass is 10.0. The van der Waals surface area contributed by atoms with Crippen molar-refractivity contribution in [3.05, 3.63) is 65.5 Å². The Labute approximate surface area is 214 Å². The van der Waals surface area contributed by atoms with E-state index in [2.05, 4.69) is 10.6 Å². The van der Waals surface area contributed by atoms with Gasteiger partial charge in [0.15, 0.2) is 5.78 Å². The number of Topliss-reactive ketones (excluding diaryl/α,β-unsaturated/α-hetero) is 1. The van der Waals surface area contributed by atoms with E-state index in [1.807, 2.05) is 30.3 Å². The van der Waals surface area contributed by atoms with Crippen molar-refractivity contribution in [3.8, 4) is 5.75 Å². The second-order valence-corrected chi connectivity index (χ2v) is 9.51. The Morgan fingerprint density at radius 2 is 1.75 bits per heavy atom. The van der Waals surface area contributed by atoms with E-state index in [0.717, 1.165) is 5.56 Å². The molecule has 0 radical (unpaired) electrons. The van der Waals surface area contributed by atoms with E-state index in [-0.39, 0.29) is 18.1 Å². The maximum absolute atomic E-state index is 13.6. The number of halogens is 1. The number of nitrogens with one attached hydrogen (secondary N) is 2. The number of ether oxygens (including phenoxy) is 1. The van der Waals surface area contributed by atoms with Crippen LogP contribution in [0, 0.1) is 11.7 Å². The van der Waals surface area contributed by atoms with Crippen molar-refractivity contribution >= 4 is 35.3 Å².